The molecule has 0 unspecified atom stereocenters. The molecule has 104 valence electrons. The molecule has 1 fully saturated rings. The first-order chi connectivity index (χ1) is 9.71. The molecular weight excluding hydrogens is 250 g/mol. The van der Waals surface area contributed by atoms with Gasteiger partial charge in [0.15, 0.2) is 0 Å². The lowest BCUT2D eigenvalue weighted by Gasteiger charge is -2.39. The third-order valence-electron chi connectivity index (χ3n) is 4.23. The van der Waals surface area contributed by atoms with Gasteiger partial charge in [0.05, 0.1) is 5.71 Å². The van der Waals surface area contributed by atoms with Crippen LogP contribution < -0.4 is 5.73 Å². The summed E-state index contributed by atoms with van der Waals surface area (Å²) in [6, 6.07) is 9.55. The predicted octanol–water partition coefficient (Wildman–Crippen LogP) is 3.25. The van der Waals surface area contributed by atoms with E-state index in [0.717, 1.165) is 24.1 Å². The summed E-state index contributed by atoms with van der Waals surface area (Å²) in [4.78, 5) is 11.4. The number of benzene rings is 1. The minimum Gasteiger partial charge on any atom is -0.350 e. The molecule has 1 heterocycles. The number of urea groups is 1. The van der Waals surface area contributed by atoms with Crippen LogP contribution in [0.4, 0.5) is 4.79 Å². The zero-order valence-corrected chi connectivity index (χ0v) is 11.5. The van der Waals surface area contributed by atoms with Gasteiger partial charge in [0.2, 0.25) is 0 Å². The summed E-state index contributed by atoms with van der Waals surface area (Å²) in [5, 5.41) is 5.76. The van der Waals surface area contributed by atoms with Crippen LogP contribution in [-0.4, -0.2) is 16.8 Å². The van der Waals surface area contributed by atoms with Crippen molar-refractivity contribution in [3.05, 3.63) is 48.2 Å². The summed E-state index contributed by atoms with van der Waals surface area (Å²) >= 11 is 0. The minimum absolute atomic E-state index is 0.0362. The van der Waals surface area contributed by atoms with Crippen LogP contribution in [0.25, 0.3) is 0 Å². The summed E-state index contributed by atoms with van der Waals surface area (Å²) < 4.78 is 0. The first-order valence-electron chi connectivity index (χ1n) is 7.14. The highest BCUT2D eigenvalue weighted by molar-refractivity contribution is 6.07. The Labute approximate surface area is 119 Å². The Balaban J connectivity index is 2.04. The fourth-order valence-electron chi connectivity index (χ4n) is 3.18. The van der Waals surface area contributed by atoms with E-state index in [2.05, 4.69) is 11.2 Å². The van der Waals surface area contributed by atoms with Crippen molar-refractivity contribution in [3.63, 3.8) is 0 Å². The third-order valence-corrected chi connectivity index (χ3v) is 4.23. The summed E-state index contributed by atoms with van der Waals surface area (Å²) in [6.07, 6.45) is 9.69. The van der Waals surface area contributed by atoms with Gasteiger partial charge in [-0.2, -0.15) is 10.1 Å². The number of hydrogen-bond acceptors (Lipinski definition) is 2. The van der Waals surface area contributed by atoms with Gasteiger partial charge in [-0.05, 0) is 18.4 Å². The molecule has 2 N–H and O–H groups in total. The number of nitrogens with two attached hydrogens (primary N) is 1. The lowest BCUT2D eigenvalue weighted by molar-refractivity contribution is 0.222. The topological polar surface area (TPSA) is 58.7 Å². The van der Waals surface area contributed by atoms with Crippen molar-refractivity contribution in [3.8, 4) is 0 Å². The van der Waals surface area contributed by atoms with Crippen molar-refractivity contribution in [2.45, 2.75) is 32.1 Å². The molecule has 3 rings (SSSR count). The Hall–Kier alpha value is -2.10. The highest BCUT2D eigenvalue weighted by Crippen LogP contribution is 2.42. The Kier molecular flexibility index (Phi) is 3.30. The van der Waals surface area contributed by atoms with Gasteiger partial charge in [0, 0.05) is 11.6 Å². The summed E-state index contributed by atoms with van der Waals surface area (Å²) in [7, 11) is 0. The van der Waals surface area contributed by atoms with Crippen LogP contribution in [0.3, 0.4) is 0 Å². The van der Waals surface area contributed by atoms with Gasteiger partial charge in [-0.25, -0.2) is 4.79 Å². The molecule has 0 atom stereocenters. The molecule has 1 aromatic rings. The lowest BCUT2D eigenvalue weighted by atomic mass is 9.68. The van der Waals surface area contributed by atoms with E-state index in [1.807, 2.05) is 30.3 Å². The van der Waals surface area contributed by atoms with Crippen LogP contribution >= 0.6 is 0 Å². The van der Waals surface area contributed by atoms with Gasteiger partial charge in [-0.1, -0.05) is 55.7 Å². The van der Waals surface area contributed by atoms with Crippen LogP contribution in [0.1, 0.15) is 37.7 Å². The van der Waals surface area contributed by atoms with Crippen molar-refractivity contribution in [1.29, 1.82) is 0 Å². The molecule has 1 aromatic carbocycles. The molecule has 1 saturated carbocycles. The fourth-order valence-corrected chi connectivity index (χ4v) is 3.18. The van der Waals surface area contributed by atoms with Crippen molar-refractivity contribution in [2.75, 3.05) is 0 Å². The van der Waals surface area contributed by atoms with Crippen LogP contribution in [0.2, 0.25) is 0 Å². The lowest BCUT2D eigenvalue weighted by Crippen LogP contribution is -2.40. The van der Waals surface area contributed by atoms with Gasteiger partial charge in [-0.15, -0.1) is 0 Å². The van der Waals surface area contributed by atoms with Crippen molar-refractivity contribution in [1.82, 2.24) is 5.01 Å². The van der Waals surface area contributed by atoms with Crippen molar-refractivity contribution >= 4 is 11.7 Å². The molecule has 1 spiro atoms. The van der Waals surface area contributed by atoms with E-state index < -0.39 is 6.03 Å². The quantitative estimate of drug-likeness (QED) is 0.836. The minimum atomic E-state index is -0.541. The molecule has 2 amide bonds. The molecule has 0 aromatic heterocycles. The largest absolute Gasteiger partial charge is 0.350 e. The number of carbonyl (C=O) groups excluding carboxylic acids is 1. The maximum atomic E-state index is 11.4. The van der Waals surface area contributed by atoms with Gasteiger partial charge >= 0.3 is 6.03 Å². The standard InChI is InChI=1S/C16H19N3O/c17-15(20)19-12-11-16(9-5-2-6-10-16)14(18-19)13-7-3-1-4-8-13/h1,3-4,7-8,11-12H,2,5-6,9-10H2,(H2,17,20). The SMILES string of the molecule is NC(=O)N1C=CC2(CCCCC2)C(c2ccccc2)=N1. The normalized spacial score (nSPS) is 20.8. The predicted molar refractivity (Wildman–Crippen MR) is 79.1 cm³/mol. The maximum absolute atomic E-state index is 11.4. The molecule has 1 aliphatic carbocycles. The zero-order chi connectivity index (χ0) is 14.0. The number of hydrazone groups is 1. The zero-order valence-electron chi connectivity index (χ0n) is 11.5. The average Bonchev–Trinajstić information content (AvgIpc) is 2.49. The second kappa shape index (κ2) is 5.12. The second-order valence-corrected chi connectivity index (χ2v) is 5.53. The summed E-state index contributed by atoms with van der Waals surface area (Å²) in [5.41, 5.74) is 7.36. The molecule has 0 radical (unpaired) electrons. The number of carbonyl (C=O) groups is 1. The van der Waals surface area contributed by atoms with Gasteiger partial charge in [-0.3, -0.25) is 0 Å². The smallest absolute Gasteiger partial charge is 0.339 e. The van der Waals surface area contributed by atoms with Crippen LogP contribution in [0, 0.1) is 5.41 Å². The van der Waals surface area contributed by atoms with E-state index in [1.165, 1.54) is 24.3 Å². The molecule has 2 aliphatic rings. The number of amides is 2. The fraction of sp³-hybridized carbons (Fsp3) is 0.375. The third kappa shape index (κ3) is 2.22. The van der Waals surface area contributed by atoms with Crippen molar-refractivity contribution < 1.29 is 4.79 Å². The number of rotatable bonds is 1. The van der Waals surface area contributed by atoms with Crippen molar-refractivity contribution in [2.24, 2.45) is 16.3 Å². The van der Waals surface area contributed by atoms with E-state index in [9.17, 15) is 4.79 Å². The summed E-state index contributed by atoms with van der Waals surface area (Å²) in [5.74, 6) is 0. The highest BCUT2D eigenvalue weighted by Gasteiger charge is 2.38. The Morgan fingerprint density at radius 2 is 1.85 bits per heavy atom. The van der Waals surface area contributed by atoms with E-state index in [-0.39, 0.29) is 5.41 Å². The molecule has 0 saturated heterocycles. The van der Waals surface area contributed by atoms with E-state index >= 15 is 0 Å². The number of nitrogens with zero attached hydrogens (tertiary/aromatic N) is 2. The summed E-state index contributed by atoms with van der Waals surface area (Å²) in [6.45, 7) is 0. The number of primary amides is 1. The Bertz CT molecular complexity index is 556. The molecule has 20 heavy (non-hydrogen) atoms. The second-order valence-electron chi connectivity index (χ2n) is 5.53. The van der Waals surface area contributed by atoms with Gasteiger partial charge < -0.3 is 5.73 Å². The highest BCUT2D eigenvalue weighted by atomic mass is 16.2. The van der Waals surface area contributed by atoms with Crippen LogP contribution in [-0.2, 0) is 0 Å². The first-order valence-corrected chi connectivity index (χ1v) is 7.14. The molecule has 0 bridgehead atoms. The monoisotopic (exact) mass is 269 g/mol. The van der Waals surface area contributed by atoms with E-state index in [0.29, 0.717) is 0 Å². The molecule has 4 heteroatoms. The van der Waals surface area contributed by atoms with E-state index in [1.54, 1.807) is 6.20 Å². The van der Waals surface area contributed by atoms with E-state index in [4.69, 9.17) is 5.73 Å². The number of allylic oxidation sites excluding steroid dienone is 1. The van der Waals surface area contributed by atoms with Gasteiger partial charge in [0.1, 0.15) is 0 Å². The Morgan fingerprint density at radius 1 is 1.15 bits per heavy atom. The first kappa shape index (κ1) is 12.9. The molecule has 1 aliphatic heterocycles. The molecular formula is C16H19N3O. The van der Waals surface area contributed by atoms with Gasteiger partial charge in [0.25, 0.3) is 0 Å². The number of hydrogen-bond donors (Lipinski definition) is 1. The van der Waals surface area contributed by atoms with Crippen LogP contribution in [0.15, 0.2) is 47.7 Å². The Morgan fingerprint density at radius 3 is 2.50 bits per heavy atom. The maximum Gasteiger partial charge on any atom is 0.339 e. The molecule has 4 nitrogen and oxygen atoms in total. The van der Waals surface area contributed by atoms with Crippen LogP contribution in [0.5, 0.6) is 0 Å². The average molecular weight is 269 g/mol.